The number of hydrogen-bond acceptors (Lipinski definition) is 5. The van der Waals surface area contributed by atoms with E-state index in [1.54, 1.807) is 4.90 Å². The van der Waals surface area contributed by atoms with Crippen LogP contribution in [0.4, 0.5) is 0 Å². The summed E-state index contributed by atoms with van der Waals surface area (Å²) >= 11 is 0. The van der Waals surface area contributed by atoms with Gasteiger partial charge in [0.15, 0.2) is 0 Å². The van der Waals surface area contributed by atoms with Crippen LogP contribution in [-0.4, -0.2) is 52.3 Å². The van der Waals surface area contributed by atoms with E-state index in [4.69, 9.17) is 4.74 Å². The molecule has 1 amide bonds. The van der Waals surface area contributed by atoms with Gasteiger partial charge in [-0.3, -0.25) is 4.79 Å². The summed E-state index contributed by atoms with van der Waals surface area (Å²) in [5.41, 5.74) is 1.38. The van der Waals surface area contributed by atoms with Crippen molar-refractivity contribution < 1.29 is 9.53 Å². The van der Waals surface area contributed by atoms with E-state index in [1.807, 2.05) is 24.3 Å². The zero-order valence-corrected chi connectivity index (χ0v) is 9.74. The first-order valence-electron chi connectivity index (χ1n) is 5.81. The molecule has 1 saturated heterocycles. The van der Waals surface area contributed by atoms with E-state index in [0.29, 0.717) is 37.3 Å². The summed E-state index contributed by atoms with van der Waals surface area (Å²) in [5.74, 6) is -0.0350. The normalized spacial score (nSPS) is 15.9. The van der Waals surface area contributed by atoms with Crippen LogP contribution in [0.5, 0.6) is 0 Å². The summed E-state index contributed by atoms with van der Waals surface area (Å²) < 4.78 is 5.21. The van der Waals surface area contributed by atoms with Crippen molar-refractivity contribution in [2.75, 3.05) is 26.3 Å². The molecule has 0 N–H and O–H groups in total. The van der Waals surface area contributed by atoms with Gasteiger partial charge in [0.2, 0.25) is 5.82 Å². The Kier molecular flexibility index (Phi) is 2.85. The lowest BCUT2D eigenvalue weighted by atomic mass is 10.3. The number of amides is 1. The number of nitrogens with zero attached hydrogens (tertiary/aromatic N) is 4. The van der Waals surface area contributed by atoms with Crippen LogP contribution in [0.2, 0.25) is 0 Å². The molecule has 18 heavy (non-hydrogen) atoms. The van der Waals surface area contributed by atoms with Gasteiger partial charge >= 0.3 is 0 Å². The third-order valence-corrected chi connectivity index (χ3v) is 2.85. The van der Waals surface area contributed by atoms with Gasteiger partial charge in [0, 0.05) is 13.1 Å². The molecule has 0 atom stereocenters. The van der Waals surface area contributed by atoms with Gasteiger partial charge in [0.1, 0.15) is 5.52 Å². The van der Waals surface area contributed by atoms with Gasteiger partial charge < -0.3 is 9.64 Å². The van der Waals surface area contributed by atoms with Gasteiger partial charge in [-0.15, -0.1) is 10.2 Å². The number of para-hydroxylation sites is 1. The van der Waals surface area contributed by atoms with E-state index in [-0.39, 0.29) is 11.7 Å². The third kappa shape index (κ3) is 2.02. The number of hydrogen-bond donors (Lipinski definition) is 0. The van der Waals surface area contributed by atoms with Crippen molar-refractivity contribution in [1.29, 1.82) is 0 Å². The Balaban J connectivity index is 1.91. The van der Waals surface area contributed by atoms with Crippen molar-refractivity contribution in [2.45, 2.75) is 0 Å². The predicted octanol–water partition coefficient (Wildman–Crippen LogP) is 0.497. The fourth-order valence-corrected chi connectivity index (χ4v) is 1.88. The second-order valence-corrected chi connectivity index (χ2v) is 4.03. The SMILES string of the molecule is O=C(c1nnc2ccccc2n1)N1CCOCC1. The Bertz CT molecular complexity index is 581. The number of morpholine rings is 1. The summed E-state index contributed by atoms with van der Waals surface area (Å²) in [6, 6.07) is 7.36. The number of carbonyl (C=O) groups excluding carboxylic acids is 1. The number of ether oxygens (including phenoxy) is 1. The van der Waals surface area contributed by atoms with Crippen molar-refractivity contribution in [3.8, 4) is 0 Å². The molecule has 0 bridgehead atoms. The predicted molar refractivity (Wildman–Crippen MR) is 64.1 cm³/mol. The van der Waals surface area contributed by atoms with E-state index in [1.165, 1.54) is 0 Å². The quantitative estimate of drug-likeness (QED) is 0.730. The Hall–Kier alpha value is -2.08. The zero-order valence-electron chi connectivity index (χ0n) is 9.74. The van der Waals surface area contributed by atoms with Crippen LogP contribution < -0.4 is 0 Å². The lowest BCUT2D eigenvalue weighted by Crippen LogP contribution is -2.41. The summed E-state index contributed by atoms with van der Waals surface area (Å²) in [4.78, 5) is 18.1. The molecule has 3 rings (SSSR count). The molecule has 0 unspecified atom stereocenters. The van der Waals surface area contributed by atoms with E-state index < -0.39 is 0 Å². The third-order valence-electron chi connectivity index (χ3n) is 2.85. The molecular formula is C12H12N4O2. The number of benzene rings is 1. The molecule has 1 aromatic carbocycles. The highest BCUT2D eigenvalue weighted by Crippen LogP contribution is 2.08. The number of aromatic nitrogens is 3. The number of rotatable bonds is 1. The molecule has 1 aliphatic heterocycles. The Morgan fingerprint density at radius 2 is 1.83 bits per heavy atom. The smallest absolute Gasteiger partial charge is 0.293 e. The van der Waals surface area contributed by atoms with Crippen molar-refractivity contribution in [3.05, 3.63) is 30.1 Å². The first-order chi connectivity index (χ1) is 8.84. The summed E-state index contributed by atoms with van der Waals surface area (Å²) in [6.07, 6.45) is 0. The summed E-state index contributed by atoms with van der Waals surface area (Å²) in [5, 5.41) is 7.89. The molecule has 6 heteroatoms. The van der Waals surface area contributed by atoms with E-state index in [0.717, 1.165) is 0 Å². The van der Waals surface area contributed by atoms with Crippen molar-refractivity contribution in [2.24, 2.45) is 0 Å². The lowest BCUT2D eigenvalue weighted by molar-refractivity contribution is 0.0294. The van der Waals surface area contributed by atoms with Gasteiger partial charge in [-0.2, -0.15) is 0 Å². The molecule has 1 fully saturated rings. The van der Waals surface area contributed by atoms with Crippen LogP contribution in [-0.2, 0) is 4.74 Å². The molecule has 92 valence electrons. The van der Waals surface area contributed by atoms with Gasteiger partial charge in [-0.1, -0.05) is 12.1 Å². The van der Waals surface area contributed by atoms with Crippen molar-refractivity contribution in [3.63, 3.8) is 0 Å². The molecule has 2 heterocycles. The minimum atomic E-state index is -0.184. The van der Waals surface area contributed by atoms with Crippen LogP contribution in [0.1, 0.15) is 10.6 Å². The first kappa shape index (κ1) is 11.0. The van der Waals surface area contributed by atoms with Gasteiger partial charge in [0.25, 0.3) is 5.91 Å². The topological polar surface area (TPSA) is 68.2 Å². The highest BCUT2D eigenvalue weighted by atomic mass is 16.5. The van der Waals surface area contributed by atoms with Crippen LogP contribution in [0, 0.1) is 0 Å². The number of carbonyl (C=O) groups is 1. The van der Waals surface area contributed by atoms with Gasteiger partial charge in [0.05, 0.1) is 18.7 Å². The minimum Gasteiger partial charge on any atom is -0.378 e. The lowest BCUT2D eigenvalue weighted by Gasteiger charge is -2.25. The minimum absolute atomic E-state index is 0.149. The molecule has 0 spiro atoms. The van der Waals surface area contributed by atoms with E-state index in [2.05, 4.69) is 15.2 Å². The average Bonchev–Trinajstić information content (AvgIpc) is 2.47. The molecule has 1 aliphatic rings. The molecule has 2 aromatic rings. The second-order valence-electron chi connectivity index (χ2n) is 4.03. The summed E-state index contributed by atoms with van der Waals surface area (Å²) in [7, 11) is 0. The Labute approximate surface area is 104 Å². The summed E-state index contributed by atoms with van der Waals surface area (Å²) in [6.45, 7) is 2.28. The van der Waals surface area contributed by atoms with Crippen molar-refractivity contribution in [1.82, 2.24) is 20.1 Å². The Morgan fingerprint density at radius 1 is 1.11 bits per heavy atom. The highest BCUT2D eigenvalue weighted by Gasteiger charge is 2.21. The second kappa shape index (κ2) is 4.66. The maximum absolute atomic E-state index is 12.1. The fraction of sp³-hybridized carbons (Fsp3) is 0.333. The van der Waals surface area contributed by atoms with E-state index in [9.17, 15) is 4.79 Å². The van der Waals surface area contributed by atoms with Crippen LogP contribution in [0.15, 0.2) is 24.3 Å². The maximum Gasteiger partial charge on any atom is 0.293 e. The van der Waals surface area contributed by atoms with Crippen LogP contribution in [0.3, 0.4) is 0 Å². The zero-order chi connectivity index (χ0) is 12.4. The Morgan fingerprint density at radius 3 is 2.61 bits per heavy atom. The van der Waals surface area contributed by atoms with Crippen molar-refractivity contribution >= 4 is 16.9 Å². The van der Waals surface area contributed by atoms with Crippen LogP contribution in [0.25, 0.3) is 11.0 Å². The molecule has 0 aliphatic carbocycles. The van der Waals surface area contributed by atoms with Gasteiger partial charge in [-0.25, -0.2) is 4.98 Å². The van der Waals surface area contributed by atoms with Crippen LogP contribution >= 0.6 is 0 Å². The highest BCUT2D eigenvalue weighted by molar-refractivity contribution is 5.91. The van der Waals surface area contributed by atoms with Gasteiger partial charge in [-0.05, 0) is 12.1 Å². The first-order valence-corrected chi connectivity index (χ1v) is 5.81. The maximum atomic E-state index is 12.1. The average molecular weight is 244 g/mol. The molecule has 0 radical (unpaired) electrons. The molecule has 6 nitrogen and oxygen atoms in total. The largest absolute Gasteiger partial charge is 0.378 e. The molecular weight excluding hydrogens is 232 g/mol. The monoisotopic (exact) mass is 244 g/mol. The van der Waals surface area contributed by atoms with E-state index >= 15 is 0 Å². The molecule has 1 aromatic heterocycles. The fourth-order valence-electron chi connectivity index (χ4n) is 1.88. The molecule has 0 saturated carbocycles. The number of fused-ring (bicyclic) bond motifs is 1. The standard InChI is InChI=1S/C12H12N4O2/c17-12(16-5-7-18-8-6-16)11-13-9-3-1-2-4-10(9)14-15-11/h1-4H,5-8H2.